The van der Waals surface area contributed by atoms with Gasteiger partial charge in [0.05, 0.1) is 12.7 Å². The van der Waals surface area contributed by atoms with Gasteiger partial charge in [0, 0.05) is 18.3 Å². The summed E-state index contributed by atoms with van der Waals surface area (Å²) in [6, 6.07) is 6.40. The molecule has 2 rings (SSSR count). The summed E-state index contributed by atoms with van der Waals surface area (Å²) < 4.78 is 71.4. The van der Waals surface area contributed by atoms with Crippen molar-refractivity contribution in [3.8, 4) is 5.75 Å². The number of nitrogens with two attached hydrogens (primary N) is 1. The molecule has 0 fully saturated rings. The molecule has 0 radical (unpaired) electrons. The van der Waals surface area contributed by atoms with E-state index in [1.807, 2.05) is 0 Å². The highest BCUT2D eigenvalue weighted by molar-refractivity contribution is 6.06. The molecule has 0 aliphatic rings. The van der Waals surface area contributed by atoms with Gasteiger partial charge in [-0.15, -0.1) is 0 Å². The first kappa shape index (κ1) is 21.9. The van der Waals surface area contributed by atoms with Crippen LogP contribution in [0.2, 0.25) is 0 Å². The molecule has 0 atom stereocenters. The zero-order valence-electron chi connectivity index (χ0n) is 15.1. The summed E-state index contributed by atoms with van der Waals surface area (Å²) in [5.41, 5.74) is 3.64. The van der Waals surface area contributed by atoms with Crippen LogP contribution in [-0.2, 0) is 12.7 Å². The topological polar surface area (TPSA) is 76.7 Å². The smallest absolute Gasteiger partial charge is 0.416 e. The molecule has 2 aromatic carbocycles. The number of benzene rings is 2. The van der Waals surface area contributed by atoms with Crippen LogP contribution in [-0.4, -0.2) is 18.9 Å². The van der Waals surface area contributed by atoms with Crippen LogP contribution in [0.4, 0.5) is 22.0 Å². The predicted octanol–water partition coefficient (Wildman–Crippen LogP) is 3.79. The number of halogens is 5. The Morgan fingerprint density at radius 1 is 1.17 bits per heavy atom. The van der Waals surface area contributed by atoms with Crippen LogP contribution >= 0.6 is 0 Å². The Balaban J connectivity index is 2.11. The highest BCUT2D eigenvalue weighted by Gasteiger charge is 2.34. The van der Waals surface area contributed by atoms with E-state index >= 15 is 0 Å². The Hall–Kier alpha value is -3.43. The van der Waals surface area contributed by atoms with Crippen LogP contribution in [0, 0.1) is 11.6 Å². The maximum absolute atomic E-state index is 13.5. The molecule has 154 valence electrons. The number of methoxy groups -OCH3 is 1. The maximum Gasteiger partial charge on any atom is 0.416 e. The average molecular weight is 413 g/mol. The fourth-order valence-corrected chi connectivity index (χ4v) is 2.42. The maximum atomic E-state index is 13.5. The lowest BCUT2D eigenvalue weighted by atomic mass is 10.1. The zero-order chi connectivity index (χ0) is 21.6. The number of hydrogen-bond acceptors (Lipinski definition) is 3. The van der Waals surface area contributed by atoms with Gasteiger partial charge < -0.3 is 15.8 Å². The standard InChI is InChI=1S/C19H16F5N3O2/c1-29-15-7-2-4-12(19(22,23)24)11(15)10-26-9-8-16(25)27-18(28)17-13(20)5-3-6-14(17)21/h2-9,26H,10H2,1H3,(H2,25,27,28)/b9-8-. The monoisotopic (exact) mass is 413 g/mol. The molecule has 0 aliphatic carbocycles. The van der Waals surface area contributed by atoms with Gasteiger partial charge in [0.25, 0.3) is 5.91 Å². The third kappa shape index (κ3) is 5.53. The molecule has 3 N–H and O–H groups in total. The summed E-state index contributed by atoms with van der Waals surface area (Å²) in [5, 5.41) is 2.57. The molecule has 0 unspecified atom stereocenters. The zero-order valence-corrected chi connectivity index (χ0v) is 15.1. The number of amidine groups is 1. The van der Waals surface area contributed by atoms with Crippen molar-refractivity contribution in [2.24, 2.45) is 10.7 Å². The van der Waals surface area contributed by atoms with Crippen LogP contribution < -0.4 is 15.8 Å². The number of rotatable bonds is 6. The molecule has 29 heavy (non-hydrogen) atoms. The van der Waals surface area contributed by atoms with Crippen molar-refractivity contribution in [1.82, 2.24) is 5.32 Å². The Morgan fingerprint density at radius 3 is 2.38 bits per heavy atom. The van der Waals surface area contributed by atoms with E-state index in [0.29, 0.717) is 0 Å². The van der Waals surface area contributed by atoms with Crippen molar-refractivity contribution in [3.63, 3.8) is 0 Å². The minimum absolute atomic E-state index is 0.0348. The number of carbonyl (C=O) groups is 1. The van der Waals surface area contributed by atoms with E-state index in [2.05, 4.69) is 10.3 Å². The molecule has 0 bridgehead atoms. The number of amides is 1. The van der Waals surface area contributed by atoms with Crippen LogP contribution in [0.25, 0.3) is 0 Å². The molecule has 0 saturated heterocycles. The van der Waals surface area contributed by atoms with Crippen molar-refractivity contribution in [1.29, 1.82) is 0 Å². The largest absolute Gasteiger partial charge is 0.496 e. The summed E-state index contributed by atoms with van der Waals surface area (Å²) in [7, 11) is 1.24. The van der Waals surface area contributed by atoms with Gasteiger partial charge in [0.15, 0.2) is 0 Å². The SMILES string of the molecule is COc1cccc(C(F)(F)F)c1CN/C=C\C(N)=NC(=O)c1c(F)cccc1F. The van der Waals surface area contributed by atoms with Crippen LogP contribution in [0.5, 0.6) is 5.75 Å². The molecular weight excluding hydrogens is 397 g/mol. The van der Waals surface area contributed by atoms with E-state index < -0.39 is 40.7 Å². The molecule has 0 heterocycles. The number of carbonyl (C=O) groups excluding carboxylic acids is 1. The normalized spacial score (nSPS) is 12.3. The first-order chi connectivity index (χ1) is 13.6. The van der Waals surface area contributed by atoms with Crippen molar-refractivity contribution in [3.05, 3.63) is 77.0 Å². The van der Waals surface area contributed by atoms with Crippen molar-refractivity contribution >= 4 is 11.7 Å². The van der Waals surface area contributed by atoms with Crippen LogP contribution in [0.1, 0.15) is 21.5 Å². The van der Waals surface area contributed by atoms with E-state index in [1.54, 1.807) is 0 Å². The molecule has 2 aromatic rings. The van der Waals surface area contributed by atoms with Gasteiger partial charge in [0.1, 0.15) is 28.8 Å². The molecule has 0 spiro atoms. The lowest BCUT2D eigenvalue weighted by Gasteiger charge is -2.16. The molecular formula is C19H16F5N3O2. The second-order valence-corrected chi connectivity index (χ2v) is 5.64. The van der Waals surface area contributed by atoms with Gasteiger partial charge >= 0.3 is 6.18 Å². The highest BCUT2D eigenvalue weighted by Crippen LogP contribution is 2.35. The van der Waals surface area contributed by atoms with Gasteiger partial charge in [-0.25, -0.2) is 8.78 Å². The summed E-state index contributed by atoms with van der Waals surface area (Å²) in [6.45, 7) is -0.265. The van der Waals surface area contributed by atoms with E-state index in [4.69, 9.17) is 10.5 Å². The van der Waals surface area contributed by atoms with E-state index in [9.17, 15) is 26.7 Å². The van der Waals surface area contributed by atoms with Gasteiger partial charge in [-0.3, -0.25) is 4.79 Å². The lowest BCUT2D eigenvalue weighted by Crippen LogP contribution is -2.17. The molecule has 0 aromatic heterocycles. The minimum atomic E-state index is -4.58. The summed E-state index contributed by atoms with van der Waals surface area (Å²) >= 11 is 0. The van der Waals surface area contributed by atoms with Crippen LogP contribution in [0.3, 0.4) is 0 Å². The molecule has 1 amide bonds. The van der Waals surface area contributed by atoms with Crippen LogP contribution in [0.15, 0.2) is 53.7 Å². The predicted molar refractivity (Wildman–Crippen MR) is 96.3 cm³/mol. The highest BCUT2D eigenvalue weighted by atomic mass is 19.4. The Kier molecular flexibility index (Phi) is 6.92. The number of alkyl halides is 3. The number of nitrogens with one attached hydrogen (secondary N) is 1. The summed E-state index contributed by atoms with van der Waals surface area (Å²) in [4.78, 5) is 15.2. The quantitative estimate of drug-likeness (QED) is 0.429. The first-order valence-electron chi connectivity index (χ1n) is 8.10. The fraction of sp³-hybridized carbons (Fsp3) is 0.158. The summed E-state index contributed by atoms with van der Waals surface area (Å²) in [5.74, 6) is -3.78. The number of hydrogen-bond donors (Lipinski definition) is 2. The van der Waals surface area contributed by atoms with Crippen molar-refractivity contribution < 1.29 is 31.5 Å². The van der Waals surface area contributed by atoms with E-state index in [0.717, 1.165) is 36.5 Å². The summed E-state index contributed by atoms with van der Waals surface area (Å²) in [6.07, 6.45) is -2.36. The number of nitrogens with zero attached hydrogens (tertiary/aromatic N) is 1. The van der Waals surface area contributed by atoms with Gasteiger partial charge in [-0.1, -0.05) is 12.1 Å². The van der Waals surface area contributed by atoms with E-state index in [1.165, 1.54) is 19.2 Å². The molecule has 0 saturated carbocycles. The Labute approximate surface area is 162 Å². The number of ether oxygens (including phenoxy) is 1. The molecule has 0 aliphatic heterocycles. The average Bonchev–Trinajstić information content (AvgIpc) is 2.64. The van der Waals surface area contributed by atoms with Crippen molar-refractivity contribution in [2.45, 2.75) is 12.7 Å². The second-order valence-electron chi connectivity index (χ2n) is 5.64. The van der Waals surface area contributed by atoms with Gasteiger partial charge in [-0.05, 0) is 30.3 Å². The Bertz CT molecular complexity index is 935. The van der Waals surface area contributed by atoms with Crippen molar-refractivity contribution in [2.75, 3.05) is 7.11 Å². The minimum Gasteiger partial charge on any atom is -0.496 e. The fourth-order valence-electron chi connectivity index (χ4n) is 2.42. The number of aliphatic imine (C=N–C) groups is 1. The molecule has 5 nitrogen and oxygen atoms in total. The first-order valence-corrected chi connectivity index (χ1v) is 8.10. The van der Waals surface area contributed by atoms with E-state index in [-0.39, 0.29) is 17.9 Å². The second kappa shape index (κ2) is 9.18. The third-order valence-electron chi connectivity index (χ3n) is 3.72. The van der Waals surface area contributed by atoms with Gasteiger partial charge in [-0.2, -0.15) is 18.2 Å². The third-order valence-corrected chi connectivity index (χ3v) is 3.72. The Morgan fingerprint density at radius 2 is 1.79 bits per heavy atom. The lowest BCUT2D eigenvalue weighted by molar-refractivity contribution is -0.138. The molecule has 10 heteroatoms. The van der Waals surface area contributed by atoms with Gasteiger partial charge in [0.2, 0.25) is 0 Å².